The van der Waals surface area contributed by atoms with Gasteiger partial charge in [0.2, 0.25) is 5.91 Å². The SMILES string of the molecule is Cc1c(C#N)c(NC(=O)CN2CCCC(C)C2)n(C2CCCCC2)c1C. The van der Waals surface area contributed by atoms with E-state index in [2.05, 4.69) is 34.7 Å². The lowest BCUT2D eigenvalue weighted by Crippen LogP contribution is -2.40. The van der Waals surface area contributed by atoms with Gasteiger partial charge in [0.05, 0.1) is 12.1 Å². The van der Waals surface area contributed by atoms with E-state index in [1.54, 1.807) is 0 Å². The van der Waals surface area contributed by atoms with E-state index in [9.17, 15) is 10.1 Å². The maximum absolute atomic E-state index is 12.7. The van der Waals surface area contributed by atoms with Gasteiger partial charge in [0.1, 0.15) is 11.9 Å². The second-order valence-corrected chi connectivity index (χ2v) is 8.24. The van der Waals surface area contributed by atoms with E-state index in [0.717, 1.165) is 49.4 Å². The van der Waals surface area contributed by atoms with Crippen molar-refractivity contribution in [3.05, 3.63) is 16.8 Å². The van der Waals surface area contributed by atoms with E-state index in [1.807, 2.05) is 6.92 Å². The summed E-state index contributed by atoms with van der Waals surface area (Å²) < 4.78 is 2.24. The van der Waals surface area contributed by atoms with Crippen LogP contribution in [0.25, 0.3) is 0 Å². The number of hydrogen-bond donors (Lipinski definition) is 1. The van der Waals surface area contributed by atoms with Crippen molar-refractivity contribution in [2.75, 3.05) is 25.0 Å². The smallest absolute Gasteiger partial charge is 0.239 e. The number of likely N-dealkylation sites (tertiary alicyclic amines) is 1. The number of nitrogens with one attached hydrogen (secondary N) is 1. The van der Waals surface area contributed by atoms with Crippen LogP contribution in [0.4, 0.5) is 5.82 Å². The number of nitriles is 1. The Balaban J connectivity index is 1.80. The molecular weight excluding hydrogens is 324 g/mol. The monoisotopic (exact) mass is 356 g/mol. The van der Waals surface area contributed by atoms with Crippen molar-refractivity contribution < 1.29 is 4.79 Å². The number of nitrogens with zero attached hydrogens (tertiary/aromatic N) is 3. The summed E-state index contributed by atoms with van der Waals surface area (Å²) in [4.78, 5) is 15.0. The van der Waals surface area contributed by atoms with E-state index >= 15 is 0 Å². The van der Waals surface area contributed by atoms with Crippen molar-refractivity contribution in [1.82, 2.24) is 9.47 Å². The molecule has 1 N–H and O–H groups in total. The molecule has 142 valence electrons. The summed E-state index contributed by atoms with van der Waals surface area (Å²) in [6.45, 7) is 8.72. The Morgan fingerprint density at radius 1 is 1.19 bits per heavy atom. The molecule has 26 heavy (non-hydrogen) atoms. The van der Waals surface area contributed by atoms with Crippen molar-refractivity contribution in [3.63, 3.8) is 0 Å². The first kappa shape index (κ1) is 19.0. The summed E-state index contributed by atoms with van der Waals surface area (Å²) in [6, 6.07) is 2.73. The molecule has 2 aliphatic rings. The zero-order valence-electron chi connectivity index (χ0n) is 16.5. The van der Waals surface area contributed by atoms with Gasteiger partial charge in [0.25, 0.3) is 0 Å². The normalized spacial score (nSPS) is 22.2. The van der Waals surface area contributed by atoms with Gasteiger partial charge in [-0.1, -0.05) is 26.2 Å². The predicted octanol–water partition coefficient (Wildman–Crippen LogP) is 4.15. The van der Waals surface area contributed by atoms with Crippen LogP contribution in [-0.2, 0) is 4.79 Å². The Bertz CT molecular complexity index is 694. The van der Waals surface area contributed by atoms with Gasteiger partial charge in [0.15, 0.2) is 0 Å². The zero-order chi connectivity index (χ0) is 18.7. The summed E-state index contributed by atoms with van der Waals surface area (Å²) in [5.74, 6) is 1.39. The van der Waals surface area contributed by atoms with Crippen molar-refractivity contribution in [2.45, 2.75) is 71.8 Å². The number of aromatic nitrogens is 1. The first-order chi connectivity index (χ1) is 12.5. The lowest BCUT2D eigenvalue weighted by molar-refractivity contribution is -0.117. The maximum Gasteiger partial charge on any atom is 0.239 e. The van der Waals surface area contributed by atoms with Gasteiger partial charge in [-0.2, -0.15) is 5.26 Å². The lowest BCUT2D eigenvalue weighted by atomic mass is 9.95. The number of hydrogen-bond acceptors (Lipinski definition) is 3. The highest BCUT2D eigenvalue weighted by molar-refractivity contribution is 5.93. The second kappa shape index (κ2) is 8.26. The molecule has 1 aromatic heterocycles. The molecule has 1 aromatic rings. The Labute approximate surface area is 157 Å². The van der Waals surface area contributed by atoms with Crippen LogP contribution in [-0.4, -0.2) is 35.0 Å². The van der Waals surface area contributed by atoms with Crippen molar-refractivity contribution in [3.8, 4) is 6.07 Å². The molecule has 1 atom stereocenters. The van der Waals surface area contributed by atoms with Crippen LogP contribution in [0.1, 0.15) is 74.7 Å². The Hall–Kier alpha value is -1.80. The van der Waals surface area contributed by atoms with Gasteiger partial charge in [-0.25, -0.2) is 0 Å². The number of anilines is 1. The molecule has 0 spiro atoms. The highest BCUT2D eigenvalue weighted by Crippen LogP contribution is 2.36. The maximum atomic E-state index is 12.7. The molecule has 1 saturated carbocycles. The molecule has 0 bridgehead atoms. The van der Waals surface area contributed by atoms with Gasteiger partial charge in [0, 0.05) is 18.3 Å². The Kier molecular flexibility index (Phi) is 6.03. The molecular formula is C21H32N4O. The van der Waals surface area contributed by atoms with Gasteiger partial charge in [-0.15, -0.1) is 0 Å². The van der Waals surface area contributed by atoms with Crippen LogP contribution in [0.15, 0.2) is 0 Å². The van der Waals surface area contributed by atoms with E-state index in [-0.39, 0.29) is 5.91 Å². The molecule has 1 saturated heterocycles. The van der Waals surface area contributed by atoms with Crippen molar-refractivity contribution >= 4 is 11.7 Å². The predicted molar refractivity (Wildman–Crippen MR) is 104 cm³/mol. The molecule has 2 fully saturated rings. The quantitative estimate of drug-likeness (QED) is 0.881. The third-order valence-corrected chi connectivity index (χ3v) is 6.17. The van der Waals surface area contributed by atoms with Crippen molar-refractivity contribution in [1.29, 1.82) is 5.26 Å². The first-order valence-electron chi connectivity index (χ1n) is 10.1. The molecule has 1 aliphatic heterocycles. The first-order valence-corrected chi connectivity index (χ1v) is 10.1. The van der Waals surface area contributed by atoms with Crippen LogP contribution in [0.2, 0.25) is 0 Å². The Morgan fingerprint density at radius 2 is 1.92 bits per heavy atom. The minimum atomic E-state index is 0.00478. The van der Waals surface area contributed by atoms with Gasteiger partial charge in [-0.05, 0) is 57.6 Å². The molecule has 1 unspecified atom stereocenters. The largest absolute Gasteiger partial charge is 0.327 e. The van der Waals surface area contributed by atoms with Gasteiger partial charge < -0.3 is 9.88 Å². The highest BCUT2D eigenvalue weighted by Gasteiger charge is 2.26. The third-order valence-electron chi connectivity index (χ3n) is 6.17. The standard InChI is InChI=1S/C21H32N4O/c1-15-8-7-11-24(13-15)14-20(26)23-21-19(12-22)16(2)17(3)25(21)18-9-5-4-6-10-18/h15,18H,4-11,13-14H2,1-3H3,(H,23,26). The lowest BCUT2D eigenvalue weighted by Gasteiger charge is -2.30. The van der Waals surface area contributed by atoms with Crippen LogP contribution in [0.5, 0.6) is 0 Å². The number of carbonyl (C=O) groups is 1. The fraction of sp³-hybridized carbons (Fsp3) is 0.714. The fourth-order valence-electron chi connectivity index (χ4n) is 4.69. The minimum absolute atomic E-state index is 0.00478. The average molecular weight is 357 g/mol. The summed E-state index contributed by atoms with van der Waals surface area (Å²) >= 11 is 0. The zero-order valence-corrected chi connectivity index (χ0v) is 16.5. The summed E-state index contributed by atoms with van der Waals surface area (Å²) in [5, 5.41) is 12.8. The molecule has 2 heterocycles. The van der Waals surface area contributed by atoms with E-state index in [4.69, 9.17) is 0 Å². The number of piperidine rings is 1. The average Bonchev–Trinajstić information content (AvgIpc) is 2.85. The van der Waals surface area contributed by atoms with Gasteiger partial charge >= 0.3 is 0 Å². The third kappa shape index (κ3) is 3.96. The number of rotatable bonds is 4. The van der Waals surface area contributed by atoms with Crippen LogP contribution < -0.4 is 5.32 Å². The van der Waals surface area contributed by atoms with Crippen molar-refractivity contribution in [2.24, 2.45) is 5.92 Å². The molecule has 1 amide bonds. The van der Waals surface area contributed by atoms with E-state index < -0.39 is 0 Å². The minimum Gasteiger partial charge on any atom is -0.327 e. The van der Waals surface area contributed by atoms with E-state index in [0.29, 0.717) is 24.1 Å². The molecule has 0 radical (unpaired) electrons. The van der Waals surface area contributed by atoms with Crippen LogP contribution in [0.3, 0.4) is 0 Å². The van der Waals surface area contributed by atoms with E-state index in [1.165, 1.54) is 25.7 Å². The molecule has 1 aliphatic carbocycles. The molecule has 5 heteroatoms. The van der Waals surface area contributed by atoms with Gasteiger partial charge in [-0.3, -0.25) is 9.69 Å². The summed E-state index contributed by atoms with van der Waals surface area (Å²) in [6.07, 6.45) is 8.41. The number of amides is 1. The summed E-state index contributed by atoms with van der Waals surface area (Å²) in [5.41, 5.74) is 2.75. The molecule has 5 nitrogen and oxygen atoms in total. The van der Waals surface area contributed by atoms with Crippen LogP contribution in [0, 0.1) is 31.1 Å². The highest BCUT2D eigenvalue weighted by atomic mass is 16.2. The fourth-order valence-corrected chi connectivity index (χ4v) is 4.69. The second-order valence-electron chi connectivity index (χ2n) is 8.24. The number of carbonyl (C=O) groups excluding carboxylic acids is 1. The molecule has 0 aromatic carbocycles. The molecule has 3 rings (SSSR count). The Morgan fingerprint density at radius 3 is 2.58 bits per heavy atom. The van der Waals surface area contributed by atoms with Crippen LogP contribution >= 0.6 is 0 Å². The summed E-state index contributed by atoms with van der Waals surface area (Å²) in [7, 11) is 0. The topological polar surface area (TPSA) is 61.1 Å².